The van der Waals surface area contributed by atoms with Crippen LogP contribution in [0.3, 0.4) is 0 Å². The van der Waals surface area contributed by atoms with Gasteiger partial charge in [0.05, 0.1) is 12.2 Å². The molecule has 1 aromatic rings. The number of hydroxylamine groups is 1. The van der Waals surface area contributed by atoms with Crippen molar-refractivity contribution in [3.63, 3.8) is 0 Å². The molecule has 0 spiro atoms. The van der Waals surface area contributed by atoms with Crippen molar-refractivity contribution in [3.8, 4) is 0 Å². The molecular formula is C13H12N2O5. The van der Waals surface area contributed by atoms with Gasteiger partial charge >= 0.3 is 0 Å². The number of epoxide rings is 1. The third kappa shape index (κ3) is 2.46. The predicted molar refractivity (Wildman–Crippen MR) is 65.4 cm³/mol. The number of aliphatic hydroxyl groups is 1. The van der Waals surface area contributed by atoms with Crippen LogP contribution in [0.2, 0.25) is 0 Å². The summed E-state index contributed by atoms with van der Waals surface area (Å²) in [5.74, 6) is -0.631. The fraction of sp³-hybridized carbons (Fsp3) is 0.308. The summed E-state index contributed by atoms with van der Waals surface area (Å²) in [5.41, 5.74) is 2.97. The van der Waals surface area contributed by atoms with Crippen LogP contribution < -0.4 is 5.48 Å². The molecule has 2 N–H and O–H groups in total. The van der Waals surface area contributed by atoms with E-state index in [1.54, 1.807) is 18.3 Å². The van der Waals surface area contributed by atoms with E-state index in [-0.39, 0.29) is 12.4 Å². The Morgan fingerprint density at radius 2 is 2.40 bits per heavy atom. The first-order valence-corrected chi connectivity index (χ1v) is 6.07. The normalized spacial score (nSPS) is 27.6. The molecule has 1 aliphatic heterocycles. The van der Waals surface area contributed by atoms with Crippen LogP contribution in [0.15, 0.2) is 36.2 Å². The molecule has 7 heteroatoms. The number of ether oxygens (including phenoxy) is 1. The summed E-state index contributed by atoms with van der Waals surface area (Å²) >= 11 is 0. The molecule has 0 radical (unpaired) electrons. The summed E-state index contributed by atoms with van der Waals surface area (Å²) < 4.78 is 5.03. The number of fused-ring (bicyclic) bond motifs is 1. The maximum Gasteiger partial charge on any atom is 0.276 e. The molecule has 0 bridgehead atoms. The molecule has 3 atom stereocenters. The molecule has 104 valence electrons. The lowest BCUT2D eigenvalue weighted by Crippen LogP contribution is -2.32. The van der Waals surface area contributed by atoms with Crippen LogP contribution in [-0.4, -0.2) is 46.7 Å². The highest BCUT2D eigenvalue weighted by Crippen LogP contribution is 2.34. The van der Waals surface area contributed by atoms with Gasteiger partial charge in [-0.2, -0.15) is 0 Å². The van der Waals surface area contributed by atoms with Crippen molar-refractivity contribution in [2.24, 2.45) is 0 Å². The van der Waals surface area contributed by atoms with Crippen molar-refractivity contribution < 1.29 is 24.3 Å². The van der Waals surface area contributed by atoms with Gasteiger partial charge in [-0.25, -0.2) is 5.48 Å². The van der Waals surface area contributed by atoms with Gasteiger partial charge in [-0.15, -0.1) is 0 Å². The topological polar surface area (TPSA) is 101 Å². The minimum atomic E-state index is -0.868. The molecule has 1 aromatic heterocycles. The molecule has 20 heavy (non-hydrogen) atoms. The Balaban J connectivity index is 1.53. The maximum atomic E-state index is 11.7. The number of amides is 1. The Morgan fingerprint density at radius 1 is 1.55 bits per heavy atom. The number of hydrogen-bond donors (Lipinski definition) is 2. The van der Waals surface area contributed by atoms with Gasteiger partial charge in [0, 0.05) is 12.4 Å². The molecule has 0 saturated carbocycles. The number of nitrogens with zero attached hydrogens (tertiary/aromatic N) is 1. The van der Waals surface area contributed by atoms with Gasteiger partial charge in [0.15, 0.2) is 5.78 Å². The molecule has 2 heterocycles. The van der Waals surface area contributed by atoms with Gasteiger partial charge in [-0.3, -0.25) is 19.4 Å². The van der Waals surface area contributed by atoms with Crippen molar-refractivity contribution in [1.82, 2.24) is 10.5 Å². The van der Waals surface area contributed by atoms with Crippen LogP contribution in [0.4, 0.5) is 0 Å². The molecule has 3 rings (SSSR count). The number of aromatic nitrogens is 1. The minimum absolute atomic E-state index is 0.0779. The zero-order valence-corrected chi connectivity index (χ0v) is 10.4. The molecule has 1 amide bonds. The number of aliphatic hydroxyl groups excluding tert-OH is 1. The largest absolute Gasteiger partial charge is 0.386 e. The predicted octanol–water partition coefficient (Wildman–Crippen LogP) is -0.620. The Bertz CT molecular complexity index is 571. The van der Waals surface area contributed by atoms with Gasteiger partial charge < -0.3 is 9.84 Å². The summed E-state index contributed by atoms with van der Waals surface area (Å²) in [4.78, 5) is 31.9. The number of rotatable bonds is 4. The van der Waals surface area contributed by atoms with Gasteiger partial charge in [-0.1, -0.05) is 0 Å². The molecule has 2 aliphatic rings. The Labute approximate surface area is 114 Å². The first kappa shape index (κ1) is 12.9. The summed E-state index contributed by atoms with van der Waals surface area (Å²) in [5, 5.41) is 9.83. The standard InChI is InChI=1S/C13H12N2O5/c16-9-4-8(10(17)12-11(9)20-12)6-19-15-13(18)7-2-1-3-14-5-7/h1-5,10-12,17H,6H2,(H,15,18). The van der Waals surface area contributed by atoms with Crippen molar-refractivity contribution in [3.05, 3.63) is 41.7 Å². The lowest BCUT2D eigenvalue weighted by atomic mass is 9.96. The second-order valence-corrected chi connectivity index (χ2v) is 4.55. The van der Waals surface area contributed by atoms with Crippen LogP contribution in [0.5, 0.6) is 0 Å². The second kappa shape index (κ2) is 5.12. The number of nitrogens with one attached hydrogen (secondary N) is 1. The molecule has 1 aliphatic carbocycles. The SMILES string of the molecule is O=C(NOCC1=CC(=O)C2OC2C1O)c1cccnc1. The van der Waals surface area contributed by atoms with Crippen molar-refractivity contribution in [2.75, 3.05) is 6.61 Å². The third-order valence-corrected chi connectivity index (χ3v) is 3.15. The van der Waals surface area contributed by atoms with E-state index in [0.29, 0.717) is 11.1 Å². The maximum absolute atomic E-state index is 11.7. The van der Waals surface area contributed by atoms with Gasteiger partial charge in [0.25, 0.3) is 5.91 Å². The molecule has 1 fully saturated rings. The highest BCUT2D eigenvalue weighted by Gasteiger charge is 2.52. The zero-order chi connectivity index (χ0) is 14.1. The highest BCUT2D eigenvalue weighted by atomic mass is 16.7. The monoisotopic (exact) mass is 276 g/mol. The number of ketones is 1. The van der Waals surface area contributed by atoms with Crippen molar-refractivity contribution in [1.29, 1.82) is 0 Å². The summed E-state index contributed by atoms with van der Waals surface area (Å²) in [6, 6.07) is 3.22. The van der Waals surface area contributed by atoms with Crippen molar-refractivity contribution in [2.45, 2.75) is 18.3 Å². The van der Waals surface area contributed by atoms with Crippen LogP contribution in [0.25, 0.3) is 0 Å². The minimum Gasteiger partial charge on any atom is -0.386 e. The van der Waals surface area contributed by atoms with Gasteiger partial charge in [-0.05, 0) is 23.8 Å². The van der Waals surface area contributed by atoms with E-state index >= 15 is 0 Å². The molecule has 1 saturated heterocycles. The van der Waals surface area contributed by atoms with E-state index in [1.807, 2.05) is 0 Å². The number of pyridine rings is 1. The van der Waals surface area contributed by atoms with E-state index in [1.165, 1.54) is 12.3 Å². The van der Waals surface area contributed by atoms with Gasteiger partial charge in [0.2, 0.25) is 0 Å². The Hall–Kier alpha value is -2.09. The number of carbonyl (C=O) groups is 2. The lowest BCUT2D eigenvalue weighted by Gasteiger charge is -2.15. The fourth-order valence-electron chi connectivity index (χ4n) is 2.02. The molecule has 7 nitrogen and oxygen atoms in total. The average Bonchev–Trinajstić information content (AvgIpc) is 3.26. The van der Waals surface area contributed by atoms with E-state index in [4.69, 9.17) is 9.57 Å². The summed E-state index contributed by atoms with van der Waals surface area (Å²) in [6.45, 7) is -0.0779. The van der Waals surface area contributed by atoms with Crippen molar-refractivity contribution >= 4 is 11.7 Å². The zero-order valence-electron chi connectivity index (χ0n) is 10.4. The van der Waals surface area contributed by atoms with E-state index < -0.39 is 24.2 Å². The van der Waals surface area contributed by atoms with Crippen LogP contribution in [-0.2, 0) is 14.4 Å². The van der Waals surface area contributed by atoms with E-state index in [2.05, 4.69) is 10.5 Å². The smallest absolute Gasteiger partial charge is 0.276 e. The Kier molecular flexibility index (Phi) is 3.31. The number of hydrogen-bond acceptors (Lipinski definition) is 6. The molecule has 0 aromatic carbocycles. The summed E-state index contributed by atoms with van der Waals surface area (Å²) in [6.07, 6.45) is 2.40. The first-order chi connectivity index (χ1) is 9.66. The first-order valence-electron chi connectivity index (χ1n) is 6.07. The Morgan fingerprint density at radius 3 is 3.15 bits per heavy atom. The quantitative estimate of drug-likeness (QED) is 0.561. The lowest BCUT2D eigenvalue weighted by molar-refractivity contribution is -0.116. The van der Waals surface area contributed by atoms with Crippen LogP contribution in [0, 0.1) is 0 Å². The highest BCUT2D eigenvalue weighted by molar-refractivity contribution is 5.98. The van der Waals surface area contributed by atoms with E-state index in [9.17, 15) is 14.7 Å². The fourth-order valence-corrected chi connectivity index (χ4v) is 2.02. The average molecular weight is 276 g/mol. The van der Waals surface area contributed by atoms with Crippen LogP contribution in [0.1, 0.15) is 10.4 Å². The second-order valence-electron chi connectivity index (χ2n) is 4.55. The molecule has 3 unspecified atom stereocenters. The molecular weight excluding hydrogens is 264 g/mol. The number of carbonyl (C=O) groups excluding carboxylic acids is 2. The van der Waals surface area contributed by atoms with Gasteiger partial charge in [0.1, 0.15) is 18.3 Å². The van der Waals surface area contributed by atoms with E-state index in [0.717, 1.165) is 0 Å². The van der Waals surface area contributed by atoms with Crippen LogP contribution >= 0.6 is 0 Å². The third-order valence-electron chi connectivity index (χ3n) is 3.15. The summed E-state index contributed by atoms with van der Waals surface area (Å²) in [7, 11) is 0.